The Kier molecular flexibility index (Phi) is 2.43. The van der Waals surface area contributed by atoms with Crippen LogP contribution in [0, 0.1) is 0 Å². The van der Waals surface area contributed by atoms with Gasteiger partial charge in [0.1, 0.15) is 0 Å². The summed E-state index contributed by atoms with van der Waals surface area (Å²) in [4.78, 5) is 21.6. The summed E-state index contributed by atoms with van der Waals surface area (Å²) in [6.45, 7) is 1.80. The molecule has 12 heavy (non-hydrogen) atoms. The Balaban J connectivity index is 3.04. The van der Waals surface area contributed by atoms with E-state index in [1.54, 1.807) is 30.8 Å². The van der Waals surface area contributed by atoms with Crippen molar-refractivity contribution in [1.82, 2.24) is 4.57 Å². The molecule has 0 aromatic carbocycles. The highest BCUT2D eigenvalue weighted by Crippen LogP contribution is 2.07. The van der Waals surface area contributed by atoms with E-state index in [9.17, 15) is 9.59 Å². The van der Waals surface area contributed by atoms with Crippen molar-refractivity contribution < 1.29 is 9.59 Å². The molecule has 64 valence electrons. The summed E-state index contributed by atoms with van der Waals surface area (Å²) < 4.78 is 1.65. The van der Waals surface area contributed by atoms with Gasteiger partial charge >= 0.3 is 0 Å². The van der Waals surface area contributed by atoms with Gasteiger partial charge in [0.05, 0.1) is 5.69 Å². The molecule has 0 radical (unpaired) electrons. The molecule has 0 spiro atoms. The molecule has 1 heterocycles. The first-order valence-electron chi connectivity index (χ1n) is 3.83. The topological polar surface area (TPSA) is 39.1 Å². The molecule has 0 aliphatic rings. The second-order valence-corrected chi connectivity index (χ2v) is 2.66. The minimum absolute atomic E-state index is 0.0682. The number of aldehydes is 1. The Bertz CT molecular complexity index is 312. The number of hydrogen-bond acceptors (Lipinski definition) is 2. The minimum Gasteiger partial charge on any atom is -0.348 e. The van der Waals surface area contributed by atoms with Crippen molar-refractivity contribution in [1.29, 1.82) is 0 Å². The Morgan fingerprint density at radius 3 is 2.75 bits per heavy atom. The Morgan fingerprint density at radius 2 is 2.33 bits per heavy atom. The maximum absolute atomic E-state index is 11.2. The van der Waals surface area contributed by atoms with Gasteiger partial charge in [0.25, 0.3) is 0 Å². The molecular formula is C9H11NO2. The Morgan fingerprint density at radius 1 is 1.67 bits per heavy atom. The lowest BCUT2D eigenvalue weighted by Gasteiger charge is -1.90. The summed E-state index contributed by atoms with van der Waals surface area (Å²) in [6, 6.07) is 1.61. The van der Waals surface area contributed by atoms with Crippen molar-refractivity contribution in [3.8, 4) is 0 Å². The molecule has 0 aliphatic carbocycles. The summed E-state index contributed by atoms with van der Waals surface area (Å²) in [5.41, 5.74) is 1.15. The quantitative estimate of drug-likeness (QED) is 0.502. The number of rotatable bonds is 3. The smallest absolute Gasteiger partial charge is 0.166 e. The van der Waals surface area contributed by atoms with Gasteiger partial charge in [-0.25, -0.2) is 0 Å². The van der Waals surface area contributed by atoms with Crippen molar-refractivity contribution in [2.75, 3.05) is 0 Å². The van der Waals surface area contributed by atoms with Crippen molar-refractivity contribution >= 4 is 12.1 Å². The maximum atomic E-state index is 11.2. The third-order valence-electron chi connectivity index (χ3n) is 1.81. The number of aromatic nitrogens is 1. The molecule has 1 aromatic rings. The monoisotopic (exact) mass is 165 g/mol. The Hall–Kier alpha value is -1.38. The predicted octanol–water partition coefficient (Wildman–Crippen LogP) is 1.43. The number of nitrogens with zero attached hydrogens (tertiary/aromatic N) is 1. The predicted molar refractivity (Wildman–Crippen MR) is 45.4 cm³/mol. The van der Waals surface area contributed by atoms with Crippen molar-refractivity contribution in [2.45, 2.75) is 13.3 Å². The second-order valence-electron chi connectivity index (χ2n) is 2.66. The van der Waals surface area contributed by atoms with E-state index < -0.39 is 0 Å². The van der Waals surface area contributed by atoms with E-state index in [1.807, 2.05) is 0 Å². The lowest BCUT2D eigenvalue weighted by Crippen LogP contribution is -1.93. The maximum Gasteiger partial charge on any atom is 0.166 e. The number of Topliss-reactive ketones (excluding diaryl/α,β-unsaturated/α-hetero) is 1. The van der Waals surface area contributed by atoms with Crippen LogP contribution in [0.3, 0.4) is 0 Å². The molecule has 0 saturated heterocycles. The number of aryl methyl sites for hydroxylation is 1. The average Bonchev–Trinajstić information content (AvgIpc) is 2.45. The van der Waals surface area contributed by atoms with E-state index in [-0.39, 0.29) is 5.78 Å². The summed E-state index contributed by atoms with van der Waals surface area (Å²) in [7, 11) is 1.75. The van der Waals surface area contributed by atoms with Gasteiger partial charge in [-0.1, -0.05) is 6.92 Å². The second kappa shape index (κ2) is 3.34. The molecule has 1 rings (SSSR count). The largest absolute Gasteiger partial charge is 0.348 e. The summed E-state index contributed by atoms with van der Waals surface area (Å²) in [5, 5.41) is 0. The van der Waals surface area contributed by atoms with Crippen LogP contribution in [0.25, 0.3) is 0 Å². The van der Waals surface area contributed by atoms with E-state index in [1.165, 1.54) is 0 Å². The first kappa shape index (κ1) is 8.71. The highest BCUT2D eigenvalue weighted by atomic mass is 16.1. The zero-order valence-corrected chi connectivity index (χ0v) is 7.20. The van der Waals surface area contributed by atoms with Gasteiger partial charge in [-0.2, -0.15) is 0 Å². The highest BCUT2D eigenvalue weighted by molar-refractivity contribution is 5.97. The molecule has 0 aliphatic heterocycles. The fraction of sp³-hybridized carbons (Fsp3) is 0.333. The van der Waals surface area contributed by atoms with E-state index in [2.05, 4.69) is 0 Å². The summed E-state index contributed by atoms with van der Waals surface area (Å²) in [6.07, 6.45) is 2.89. The number of carbonyl (C=O) groups excluding carboxylic acids is 2. The minimum atomic E-state index is 0.0682. The molecule has 1 aromatic heterocycles. The van der Waals surface area contributed by atoms with Crippen molar-refractivity contribution in [3.05, 3.63) is 23.5 Å². The van der Waals surface area contributed by atoms with Crippen LogP contribution in [0.15, 0.2) is 12.3 Å². The van der Waals surface area contributed by atoms with E-state index >= 15 is 0 Å². The molecule has 3 heteroatoms. The number of carbonyl (C=O) groups is 2. The molecule has 0 fully saturated rings. The zero-order valence-electron chi connectivity index (χ0n) is 7.20. The standard InChI is InChI=1S/C9H11NO2/c1-3-9(12)7-4-8(6-11)10(2)5-7/h4-6H,3H2,1-2H3. The molecule has 0 unspecified atom stereocenters. The van der Waals surface area contributed by atoms with Crippen LogP contribution in [0.5, 0.6) is 0 Å². The van der Waals surface area contributed by atoms with Crippen LogP contribution < -0.4 is 0 Å². The van der Waals surface area contributed by atoms with Crippen molar-refractivity contribution in [2.24, 2.45) is 7.05 Å². The molecule has 3 nitrogen and oxygen atoms in total. The molecule has 0 bridgehead atoms. The van der Waals surface area contributed by atoms with Gasteiger partial charge in [0.15, 0.2) is 12.1 Å². The van der Waals surface area contributed by atoms with Crippen LogP contribution in [0.1, 0.15) is 34.2 Å². The SMILES string of the molecule is CCC(=O)c1cc(C=O)n(C)c1. The molecule has 0 N–H and O–H groups in total. The molecule has 0 amide bonds. The van der Waals surface area contributed by atoms with Gasteiger partial charge in [-0.05, 0) is 6.07 Å². The number of ketones is 1. The van der Waals surface area contributed by atoms with Crippen LogP contribution in [0.4, 0.5) is 0 Å². The molecular weight excluding hydrogens is 154 g/mol. The molecule has 0 atom stereocenters. The number of hydrogen-bond donors (Lipinski definition) is 0. The fourth-order valence-electron chi connectivity index (χ4n) is 1.06. The average molecular weight is 165 g/mol. The van der Waals surface area contributed by atoms with E-state index in [0.29, 0.717) is 17.7 Å². The van der Waals surface area contributed by atoms with Gasteiger partial charge in [0, 0.05) is 25.2 Å². The lowest BCUT2D eigenvalue weighted by molar-refractivity contribution is 0.0988. The first-order chi connectivity index (χ1) is 5.69. The van der Waals surface area contributed by atoms with Gasteiger partial charge < -0.3 is 4.57 Å². The van der Waals surface area contributed by atoms with Crippen LogP contribution in [-0.4, -0.2) is 16.6 Å². The van der Waals surface area contributed by atoms with E-state index in [4.69, 9.17) is 0 Å². The normalized spacial score (nSPS) is 9.83. The summed E-state index contributed by atoms with van der Waals surface area (Å²) >= 11 is 0. The fourth-order valence-corrected chi connectivity index (χ4v) is 1.06. The lowest BCUT2D eigenvalue weighted by atomic mass is 10.2. The third-order valence-corrected chi connectivity index (χ3v) is 1.81. The third kappa shape index (κ3) is 1.44. The van der Waals surface area contributed by atoms with Gasteiger partial charge in [-0.15, -0.1) is 0 Å². The Labute approximate surface area is 71.0 Å². The molecule has 0 saturated carbocycles. The van der Waals surface area contributed by atoms with Crippen LogP contribution in [-0.2, 0) is 7.05 Å². The van der Waals surface area contributed by atoms with Gasteiger partial charge in [-0.3, -0.25) is 9.59 Å². The summed E-state index contributed by atoms with van der Waals surface area (Å²) in [5.74, 6) is 0.0682. The van der Waals surface area contributed by atoms with E-state index in [0.717, 1.165) is 6.29 Å². The van der Waals surface area contributed by atoms with Gasteiger partial charge in [0.2, 0.25) is 0 Å². The van der Waals surface area contributed by atoms with Crippen molar-refractivity contribution in [3.63, 3.8) is 0 Å². The van der Waals surface area contributed by atoms with Crippen LogP contribution in [0.2, 0.25) is 0 Å². The zero-order chi connectivity index (χ0) is 9.14. The highest BCUT2D eigenvalue weighted by Gasteiger charge is 2.07. The first-order valence-corrected chi connectivity index (χ1v) is 3.83. The van der Waals surface area contributed by atoms with Crippen LogP contribution >= 0.6 is 0 Å².